The van der Waals surface area contributed by atoms with Gasteiger partial charge in [0.15, 0.2) is 0 Å². The number of hydrogen-bond acceptors (Lipinski definition) is 11. The number of nitrogens with zero attached hydrogens (tertiary/aromatic N) is 1. The van der Waals surface area contributed by atoms with Crippen molar-refractivity contribution in [1.82, 2.24) is 15.5 Å². The van der Waals surface area contributed by atoms with Crippen LogP contribution in [0.15, 0.2) is 36.4 Å². The number of imide groups is 1. The van der Waals surface area contributed by atoms with E-state index in [0.29, 0.717) is 108 Å². The van der Waals surface area contributed by atoms with E-state index in [1.165, 1.54) is 4.90 Å². The smallest absolute Gasteiger partial charge is 0.319 e. The SMILES string of the molecule is O=CCOCCOCCOCCOCCOCCOCCc1cc(Cl)cc(NC(=O)NCc2ccc3c(c2)CN(C2CCC(=O)NC2=O)C3=O)c1. The molecule has 2 aromatic carbocycles. The number of fused-ring (bicyclic) bond motifs is 1. The first-order valence-electron chi connectivity index (χ1n) is 16.8. The molecule has 2 heterocycles. The molecule has 4 rings (SSSR count). The van der Waals surface area contributed by atoms with Gasteiger partial charge in [-0.1, -0.05) is 23.7 Å². The summed E-state index contributed by atoms with van der Waals surface area (Å²) in [5, 5.41) is 8.40. The van der Waals surface area contributed by atoms with Gasteiger partial charge >= 0.3 is 6.03 Å². The molecule has 51 heavy (non-hydrogen) atoms. The summed E-state index contributed by atoms with van der Waals surface area (Å²) >= 11 is 6.30. The summed E-state index contributed by atoms with van der Waals surface area (Å²) in [4.78, 5) is 61.0. The number of aldehydes is 1. The minimum absolute atomic E-state index is 0.0786. The minimum Gasteiger partial charge on any atom is -0.379 e. The quantitative estimate of drug-likeness (QED) is 0.0819. The van der Waals surface area contributed by atoms with E-state index in [-0.39, 0.29) is 37.9 Å². The van der Waals surface area contributed by atoms with Crippen LogP contribution in [-0.2, 0) is 62.3 Å². The molecule has 16 heteroatoms. The van der Waals surface area contributed by atoms with Crippen LogP contribution in [0, 0.1) is 0 Å². The van der Waals surface area contributed by atoms with E-state index >= 15 is 0 Å². The lowest BCUT2D eigenvalue weighted by molar-refractivity contribution is -0.137. The maximum atomic E-state index is 12.9. The second-order valence-corrected chi connectivity index (χ2v) is 12.0. The summed E-state index contributed by atoms with van der Waals surface area (Å²) in [5.41, 5.74) is 3.50. The number of carbonyl (C=O) groups is 5. The number of benzene rings is 2. The molecule has 1 saturated heterocycles. The lowest BCUT2D eigenvalue weighted by Crippen LogP contribution is -2.52. The highest BCUT2D eigenvalue weighted by Gasteiger charge is 2.39. The van der Waals surface area contributed by atoms with Crippen LogP contribution in [0.5, 0.6) is 0 Å². The summed E-state index contributed by atoms with van der Waals surface area (Å²) in [7, 11) is 0. The van der Waals surface area contributed by atoms with Crippen molar-refractivity contribution in [1.29, 1.82) is 0 Å². The van der Waals surface area contributed by atoms with Gasteiger partial charge in [0.05, 0.1) is 72.7 Å². The van der Waals surface area contributed by atoms with Gasteiger partial charge < -0.3 is 48.7 Å². The van der Waals surface area contributed by atoms with Gasteiger partial charge in [-0.3, -0.25) is 19.7 Å². The van der Waals surface area contributed by atoms with E-state index in [9.17, 15) is 24.0 Å². The van der Waals surface area contributed by atoms with Crippen LogP contribution >= 0.6 is 11.6 Å². The first-order valence-corrected chi connectivity index (χ1v) is 17.2. The molecule has 0 aliphatic carbocycles. The average molecular weight is 733 g/mol. The molecule has 2 aliphatic heterocycles. The largest absolute Gasteiger partial charge is 0.379 e. The van der Waals surface area contributed by atoms with Crippen molar-refractivity contribution in [3.8, 4) is 0 Å². The Balaban J connectivity index is 1.04. The molecule has 1 unspecified atom stereocenters. The van der Waals surface area contributed by atoms with Crippen molar-refractivity contribution < 1.29 is 52.4 Å². The van der Waals surface area contributed by atoms with Gasteiger partial charge in [0, 0.05) is 35.8 Å². The summed E-state index contributed by atoms with van der Waals surface area (Å²) < 4.78 is 32.3. The third kappa shape index (κ3) is 13.9. The normalized spacial score (nSPS) is 15.5. The predicted molar refractivity (Wildman–Crippen MR) is 184 cm³/mol. The first kappa shape index (κ1) is 39.8. The zero-order valence-corrected chi connectivity index (χ0v) is 29.2. The Bertz CT molecular complexity index is 1480. The predicted octanol–water partition coefficient (Wildman–Crippen LogP) is 2.26. The fourth-order valence-corrected chi connectivity index (χ4v) is 5.64. The Labute approximate surface area is 301 Å². The summed E-state index contributed by atoms with van der Waals surface area (Å²) in [6.07, 6.45) is 1.77. The van der Waals surface area contributed by atoms with Gasteiger partial charge in [-0.2, -0.15) is 0 Å². The number of anilines is 1. The third-order valence-corrected chi connectivity index (χ3v) is 8.06. The number of hydrogen-bond donors (Lipinski definition) is 3. The van der Waals surface area contributed by atoms with Gasteiger partial charge in [0.1, 0.15) is 18.9 Å². The highest BCUT2D eigenvalue weighted by molar-refractivity contribution is 6.31. The second-order valence-electron chi connectivity index (χ2n) is 11.6. The zero-order chi connectivity index (χ0) is 36.3. The molecule has 3 N–H and O–H groups in total. The van der Waals surface area contributed by atoms with Crippen molar-refractivity contribution in [3.05, 3.63) is 63.7 Å². The molecule has 0 aromatic heterocycles. The average Bonchev–Trinajstić information content (AvgIpc) is 3.43. The molecular weight excluding hydrogens is 688 g/mol. The fourth-order valence-electron chi connectivity index (χ4n) is 5.38. The number of amides is 5. The molecule has 1 atom stereocenters. The van der Waals surface area contributed by atoms with Crippen LogP contribution in [0.3, 0.4) is 0 Å². The van der Waals surface area contributed by atoms with Gasteiger partial charge in [0.25, 0.3) is 5.91 Å². The number of carbonyl (C=O) groups excluding carboxylic acids is 5. The van der Waals surface area contributed by atoms with Gasteiger partial charge in [-0.15, -0.1) is 0 Å². The molecule has 15 nitrogen and oxygen atoms in total. The van der Waals surface area contributed by atoms with Gasteiger partial charge in [0.2, 0.25) is 11.8 Å². The maximum Gasteiger partial charge on any atom is 0.319 e. The summed E-state index contributed by atoms with van der Waals surface area (Å²) in [6.45, 7) is 5.32. The molecule has 0 radical (unpaired) electrons. The zero-order valence-electron chi connectivity index (χ0n) is 28.5. The molecule has 278 valence electrons. The molecule has 0 saturated carbocycles. The van der Waals surface area contributed by atoms with Crippen LogP contribution in [0.25, 0.3) is 0 Å². The van der Waals surface area contributed by atoms with Crippen molar-refractivity contribution in [2.24, 2.45) is 0 Å². The topological polar surface area (TPSA) is 180 Å². The van der Waals surface area contributed by atoms with Crippen molar-refractivity contribution in [2.75, 3.05) is 84.6 Å². The monoisotopic (exact) mass is 732 g/mol. The summed E-state index contributed by atoms with van der Waals surface area (Å²) in [6, 6.07) is 9.50. The van der Waals surface area contributed by atoms with Crippen molar-refractivity contribution in [2.45, 2.75) is 38.4 Å². The van der Waals surface area contributed by atoms with Gasteiger partial charge in [-0.05, 0) is 53.8 Å². The fraction of sp³-hybridized carbons (Fsp3) is 0.514. The lowest BCUT2D eigenvalue weighted by atomic mass is 10.0. The van der Waals surface area contributed by atoms with Gasteiger partial charge in [-0.25, -0.2) is 4.79 Å². The van der Waals surface area contributed by atoms with E-state index in [1.54, 1.807) is 18.2 Å². The highest BCUT2D eigenvalue weighted by Crippen LogP contribution is 2.28. The molecular formula is C35H45ClN4O11. The van der Waals surface area contributed by atoms with Crippen LogP contribution in [-0.4, -0.2) is 120 Å². The molecule has 1 fully saturated rings. The number of piperidine rings is 1. The Morgan fingerprint density at radius 3 is 2.08 bits per heavy atom. The van der Waals surface area contributed by atoms with E-state index in [4.69, 9.17) is 40.0 Å². The van der Waals surface area contributed by atoms with Crippen molar-refractivity contribution in [3.63, 3.8) is 0 Å². The molecule has 5 amide bonds. The molecule has 2 aliphatic rings. The Morgan fingerprint density at radius 2 is 1.45 bits per heavy atom. The molecule has 0 bridgehead atoms. The Hall–Kier alpha value is -3.96. The summed E-state index contributed by atoms with van der Waals surface area (Å²) in [5.74, 6) is -1.04. The maximum absolute atomic E-state index is 12.9. The van der Waals surface area contributed by atoms with E-state index in [2.05, 4.69) is 16.0 Å². The number of nitrogens with one attached hydrogen (secondary N) is 3. The standard InChI is InChI=1S/C35H45ClN4O11/c36-28-20-25(5-7-46-9-11-48-13-15-50-17-18-51-16-14-49-12-10-47-8-6-41)21-29(22-28)38-35(45)37-23-26-1-2-30-27(19-26)24-40(34(30)44)31-3-4-32(42)39-33(31)43/h1-2,6,19-22,31H,3-5,7-18,23-24H2,(H2,37,38,45)(H,39,42,43). The molecule has 2 aromatic rings. The second kappa shape index (κ2) is 22.1. The van der Waals surface area contributed by atoms with Crippen LogP contribution < -0.4 is 16.0 Å². The van der Waals surface area contributed by atoms with Crippen LogP contribution in [0.1, 0.15) is 39.9 Å². The van der Waals surface area contributed by atoms with Crippen molar-refractivity contribution >= 4 is 47.3 Å². The van der Waals surface area contributed by atoms with Crippen LogP contribution in [0.2, 0.25) is 5.02 Å². The van der Waals surface area contributed by atoms with Crippen LogP contribution in [0.4, 0.5) is 10.5 Å². The number of ether oxygens (including phenoxy) is 6. The third-order valence-electron chi connectivity index (χ3n) is 7.84. The minimum atomic E-state index is -0.682. The van der Waals surface area contributed by atoms with E-state index in [1.807, 2.05) is 18.2 Å². The Morgan fingerprint density at radius 1 is 0.824 bits per heavy atom. The van der Waals surface area contributed by atoms with E-state index in [0.717, 1.165) is 16.7 Å². The molecule has 0 spiro atoms. The highest BCUT2D eigenvalue weighted by atomic mass is 35.5. The Kier molecular flexibility index (Phi) is 17.2. The number of urea groups is 1. The number of halogens is 1. The lowest BCUT2D eigenvalue weighted by Gasteiger charge is -2.29. The van der Waals surface area contributed by atoms with E-state index < -0.39 is 18.0 Å². The number of rotatable bonds is 24. The first-order chi connectivity index (χ1) is 24.8.